The van der Waals surface area contributed by atoms with E-state index in [1.807, 2.05) is 6.92 Å². The van der Waals surface area contributed by atoms with Crippen LogP contribution in [0.15, 0.2) is 28.6 Å². The number of thioether (sulfide) groups is 1. The van der Waals surface area contributed by atoms with E-state index in [0.29, 0.717) is 24.5 Å². The molecule has 0 bridgehead atoms. The summed E-state index contributed by atoms with van der Waals surface area (Å²) in [5.41, 5.74) is 1.13. The minimum absolute atomic E-state index is 0.136. The molecule has 3 rings (SSSR count). The second kappa shape index (κ2) is 8.29. The summed E-state index contributed by atoms with van der Waals surface area (Å²) in [6.07, 6.45) is 0. The molecule has 1 amide bonds. The third kappa shape index (κ3) is 4.69. The van der Waals surface area contributed by atoms with Gasteiger partial charge in [0.05, 0.1) is 30.1 Å². The molecule has 0 radical (unpaired) electrons. The second-order valence-corrected chi connectivity index (χ2v) is 7.94. The summed E-state index contributed by atoms with van der Waals surface area (Å²) in [5, 5.41) is 20.7. The predicted molar refractivity (Wildman–Crippen MR) is 98.0 cm³/mol. The fourth-order valence-electron chi connectivity index (χ4n) is 2.25. The Bertz CT molecular complexity index is 783. The van der Waals surface area contributed by atoms with Gasteiger partial charge in [0.1, 0.15) is 0 Å². The highest BCUT2D eigenvalue weighted by Crippen LogP contribution is 2.31. The van der Waals surface area contributed by atoms with E-state index in [-0.39, 0.29) is 11.2 Å². The Kier molecular flexibility index (Phi) is 5.86. The van der Waals surface area contributed by atoms with Gasteiger partial charge in [0.25, 0.3) is 0 Å². The maximum Gasteiger partial charge on any atom is 0.237 e. The van der Waals surface area contributed by atoms with E-state index in [1.165, 1.54) is 23.1 Å². The maximum absolute atomic E-state index is 12.3. The highest BCUT2D eigenvalue weighted by molar-refractivity contribution is 8.02. The first-order chi connectivity index (χ1) is 12.2. The number of hydrogen-bond donors (Lipinski definition) is 1. The molecule has 130 valence electrons. The summed E-state index contributed by atoms with van der Waals surface area (Å²) in [6, 6.07) is 8.91. The number of nitrogens with zero attached hydrogens (tertiary/aromatic N) is 4. The Morgan fingerprint density at radius 3 is 3.00 bits per heavy atom. The summed E-state index contributed by atoms with van der Waals surface area (Å²) in [4.78, 5) is 14.5. The van der Waals surface area contributed by atoms with Crippen molar-refractivity contribution >= 4 is 39.8 Å². The lowest BCUT2D eigenvalue weighted by atomic mass is 10.2. The Labute approximate surface area is 154 Å². The molecule has 1 atom stereocenters. The summed E-state index contributed by atoms with van der Waals surface area (Å²) in [7, 11) is 0. The largest absolute Gasteiger partial charge is 0.378 e. The van der Waals surface area contributed by atoms with Crippen LogP contribution in [0.4, 0.5) is 10.8 Å². The molecule has 1 aliphatic rings. The quantitative estimate of drug-likeness (QED) is 0.802. The number of rotatable bonds is 5. The van der Waals surface area contributed by atoms with E-state index >= 15 is 0 Å². The first kappa shape index (κ1) is 17.7. The Hall–Kier alpha value is -2.15. The van der Waals surface area contributed by atoms with Crippen molar-refractivity contribution in [3.63, 3.8) is 0 Å². The van der Waals surface area contributed by atoms with E-state index in [1.54, 1.807) is 24.3 Å². The van der Waals surface area contributed by atoms with Gasteiger partial charge < -0.3 is 15.0 Å². The van der Waals surface area contributed by atoms with Crippen molar-refractivity contribution in [1.82, 2.24) is 10.2 Å². The van der Waals surface area contributed by atoms with Crippen molar-refractivity contribution in [2.45, 2.75) is 16.5 Å². The van der Waals surface area contributed by atoms with E-state index in [2.05, 4.69) is 26.5 Å². The number of ether oxygens (including phenoxy) is 1. The van der Waals surface area contributed by atoms with Gasteiger partial charge in [-0.1, -0.05) is 29.2 Å². The van der Waals surface area contributed by atoms with Crippen LogP contribution in [0.5, 0.6) is 0 Å². The summed E-state index contributed by atoms with van der Waals surface area (Å²) in [6.45, 7) is 4.84. The van der Waals surface area contributed by atoms with Gasteiger partial charge in [0.2, 0.25) is 11.0 Å². The molecule has 0 aliphatic carbocycles. The van der Waals surface area contributed by atoms with Gasteiger partial charge in [-0.05, 0) is 25.1 Å². The molecule has 1 N–H and O–H groups in total. The van der Waals surface area contributed by atoms with Crippen LogP contribution in [0.1, 0.15) is 12.5 Å². The number of carbonyl (C=O) groups excluding carboxylic acids is 1. The van der Waals surface area contributed by atoms with Crippen LogP contribution in [0.3, 0.4) is 0 Å². The first-order valence-corrected chi connectivity index (χ1v) is 9.49. The summed E-state index contributed by atoms with van der Waals surface area (Å²) in [5.74, 6) is -0.136. The van der Waals surface area contributed by atoms with Crippen LogP contribution in [-0.4, -0.2) is 47.7 Å². The number of nitriles is 1. The van der Waals surface area contributed by atoms with Crippen molar-refractivity contribution in [2.75, 3.05) is 36.5 Å². The lowest BCUT2D eigenvalue weighted by Crippen LogP contribution is -2.36. The van der Waals surface area contributed by atoms with Crippen LogP contribution in [0, 0.1) is 11.3 Å². The normalized spacial score (nSPS) is 15.4. The van der Waals surface area contributed by atoms with Crippen LogP contribution >= 0.6 is 23.1 Å². The molecule has 7 nitrogen and oxygen atoms in total. The molecule has 25 heavy (non-hydrogen) atoms. The molecule has 0 saturated carbocycles. The van der Waals surface area contributed by atoms with Gasteiger partial charge in [-0.3, -0.25) is 4.79 Å². The minimum atomic E-state index is -0.323. The van der Waals surface area contributed by atoms with Gasteiger partial charge in [-0.15, -0.1) is 10.2 Å². The minimum Gasteiger partial charge on any atom is -0.378 e. The first-order valence-electron chi connectivity index (χ1n) is 7.79. The second-order valence-electron chi connectivity index (χ2n) is 5.39. The third-order valence-corrected chi connectivity index (χ3v) is 5.75. The van der Waals surface area contributed by atoms with Crippen LogP contribution < -0.4 is 10.2 Å². The third-order valence-electron chi connectivity index (χ3n) is 3.58. The topological polar surface area (TPSA) is 91.1 Å². The zero-order valence-corrected chi connectivity index (χ0v) is 15.3. The van der Waals surface area contributed by atoms with Gasteiger partial charge >= 0.3 is 0 Å². The van der Waals surface area contributed by atoms with E-state index < -0.39 is 0 Å². The van der Waals surface area contributed by atoms with Crippen LogP contribution in [0.25, 0.3) is 0 Å². The molecular formula is C16H17N5O2S2. The van der Waals surface area contributed by atoms with Gasteiger partial charge in [-0.25, -0.2) is 0 Å². The van der Waals surface area contributed by atoms with Crippen molar-refractivity contribution in [1.29, 1.82) is 5.26 Å². The Morgan fingerprint density at radius 1 is 1.44 bits per heavy atom. The molecule has 0 spiro atoms. The van der Waals surface area contributed by atoms with Crippen molar-refractivity contribution in [2.24, 2.45) is 0 Å². The number of morpholine rings is 1. The molecule has 1 aromatic carbocycles. The van der Waals surface area contributed by atoms with Crippen LogP contribution in [0.2, 0.25) is 0 Å². The molecule has 2 aromatic rings. The summed E-state index contributed by atoms with van der Waals surface area (Å²) >= 11 is 2.86. The zero-order chi connectivity index (χ0) is 17.6. The van der Waals surface area contributed by atoms with Gasteiger partial charge in [-0.2, -0.15) is 5.26 Å². The highest BCUT2D eigenvalue weighted by Gasteiger charge is 2.20. The molecule has 1 fully saturated rings. The maximum atomic E-state index is 12.3. The Balaban J connectivity index is 1.58. The number of anilines is 2. The molecule has 1 aromatic heterocycles. The number of hydrogen-bond acceptors (Lipinski definition) is 8. The van der Waals surface area contributed by atoms with Gasteiger partial charge in [0.15, 0.2) is 4.34 Å². The molecule has 2 heterocycles. The lowest BCUT2D eigenvalue weighted by Gasteiger charge is -2.25. The van der Waals surface area contributed by atoms with Gasteiger partial charge in [0, 0.05) is 18.8 Å². The molecule has 1 unspecified atom stereocenters. The monoisotopic (exact) mass is 375 g/mol. The fourth-order valence-corrected chi connectivity index (χ4v) is 4.28. The lowest BCUT2D eigenvalue weighted by molar-refractivity contribution is -0.115. The molecule has 9 heteroatoms. The Morgan fingerprint density at radius 2 is 2.24 bits per heavy atom. The van der Waals surface area contributed by atoms with Crippen molar-refractivity contribution in [3.05, 3.63) is 29.8 Å². The number of nitrogens with one attached hydrogen (secondary N) is 1. The average molecular weight is 375 g/mol. The SMILES string of the molecule is CC(Sc1nnc(N2CCOCC2)s1)C(=O)Nc1cccc(C#N)c1. The summed E-state index contributed by atoms with van der Waals surface area (Å²) < 4.78 is 6.09. The highest BCUT2D eigenvalue weighted by atomic mass is 32.2. The van der Waals surface area contributed by atoms with E-state index in [4.69, 9.17) is 10.00 Å². The molecule has 1 saturated heterocycles. The van der Waals surface area contributed by atoms with Crippen molar-refractivity contribution in [3.8, 4) is 6.07 Å². The standard InChI is InChI=1S/C16H17N5O2S2/c1-11(14(22)18-13-4-2-3-12(9-13)10-17)24-16-20-19-15(25-16)21-5-7-23-8-6-21/h2-4,9,11H,5-8H2,1H3,(H,18,22). The number of aromatic nitrogens is 2. The molecular weight excluding hydrogens is 358 g/mol. The number of amides is 1. The predicted octanol–water partition coefficient (Wildman–Crippen LogP) is 2.37. The van der Waals surface area contributed by atoms with Crippen molar-refractivity contribution < 1.29 is 9.53 Å². The zero-order valence-electron chi connectivity index (χ0n) is 13.6. The van der Waals surface area contributed by atoms with E-state index in [9.17, 15) is 4.79 Å². The fraction of sp³-hybridized carbons (Fsp3) is 0.375. The smallest absolute Gasteiger partial charge is 0.237 e. The van der Waals surface area contributed by atoms with Crippen LogP contribution in [-0.2, 0) is 9.53 Å². The molecule has 1 aliphatic heterocycles. The number of benzene rings is 1. The average Bonchev–Trinajstić information content (AvgIpc) is 3.11. The van der Waals surface area contributed by atoms with E-state index in [0.717, 1.165) is 22.6 Å². The number of carbonyl (C=O) groups is 1.